The van der Waals surface area contributed by atoms with Crippen LogP contribution in [0.1, 0.15) is 32.6 Å². The molecule has 4 heteroatoms. The molecule has 0 radical (unpaired) electrons. The smallest absolute Gasteiger partial charge is 0.306 e. The normalized spacial score (nSPS) is 11.8. The Morgan fingerprint density at radius 1 is 1.47 bits per heavy atom. The van der Waals surface area contributed by atoms with Crippen molar-refractivity contribution in [3.63, 3.8) is 0 Å². The Kier molecular flexibility index (Phi) is 7.32. The molecule has 0 aromatic heterocycles. The van der Waals surface area contributed by atoms with Crippen LogP contribution in [0.15, 0.2) is 12.7 Å². The van der Waals surface area contributed by atoms with Gasteiger partial charge in [0.05, 0.1) is 19.4 Å². The summed E-state index contributed by atoms with van der Waals surface area (Å²) in [4.78, 5) is 21.2. The van der Waals surface area contributed by atoms with Gasteiger partial charge in [-0.25, -0.2) is 0 Å². The Hall–Kier alpha value is -1.32. The number of hydrogen-bond acceptors (Lipinski definition) is 3. The van der Waals surface area contributed by atoms with Crippen LogP contribution >= 0.6 is 0 Å². The zero-order valence-electron chi connectivity index (χ0n) is 9.07. The molecule has 1 N–H and O–H groups in total. The van der Waals surface area contributed by atoms with Crippen LogP contribution in [-0.2, 0) is 14.3 Å². The molecule has 0 aliphatic carbocycles. The number of rotatable bonds is 8. The van der Waals surface area contributed by atoms with Crippen molar-refractivity contribution < 1.29 is 19.4 Å². The third-order valence-corrected chi connectivity index (χ3v) is 2.15. The van der Waals surface area contributed by atoms with Crippen LogP contribution < -0.4 is 0 Å². The minimum absolute atomic E-state index is 0.0553. The molecule has 86 valence electrons. The summed E-state index contributed by atoms with van der Waals surface area (Å²) in [6.45, 7) is 6.05. The fourth-order valence-corrected chi connectivity index (χ4v) is 1.09. The molecule has 0 aromatic carbocycles. The summed E-state index contributed by atoms with van der Waals surface area (Å²) in [7, 11) is 0. The first-order valence-corrected chi connectivity index (χ1v) is 5.10. The summed E-state index contributed by atoms with van der Waals surface area (Å²) in [5.74, 6) is -1.07. The summed E-state index contributed by atoms with van der Waals surface area (Å²) in [6, 6.07) is 0. The highest BCUT2D eigenvalue weighted by Gasteiger charge is 2.07. The van der Waals surface area contributed by atoms with E-state index in [1.165, 1.54) is 0 Å². The maximum Gasteiger partial charge on any atom is 0.306 e. The van der Waals surface area contributed by atoms with Crippen molar-refractivity contribution in [3.8, 4) is 0 Å². The average Bonchev–Trinajstić information content (AvgIpc) is 2.21. The van der Waals surface area contributed by atoms with E-state index in [9.17, 15) is 9.59 Å². The van der Waals surface area contributed by atoms with Crippen LogP contribution in [0.5, 0.6) is 0 Å². The van der Waals surface area contributed by atoms with Crippen LogP contribution in [0, 0.1) is 5.92 Å². The predicted molar refractivity (Wildman–Crippen MR) is 56.4 cm³/mol. The van der Waals surface area contributed by atoms with E-state index in [0.717, 1.165) is 12.8 Å². The van der Waals surface area contributed by atoms with Crippen molar-refractivity contribution in [2.24, 2.45) is 5.92 Å². The van der Waals surface area contributed by atoms with Crippen molar-refractivity contribution >= 4 is 11.9 Å². The zero-order valence-corrected chi connectivity index (χ0v) is 9.07. The van der Waals surface area contributed by atoms with Gasteiger partial charge in [-0.1, -0.05) is 13.0 Å². The van der Waals surface area contributed by atoms with Gasteiger partial charge in [-0.2, -0.15) is 0 Å². The van der Waals surface area contributed by atoms with Gasteiger partial charge in [0.15, 0.2) is 0 Å². The van der Waals surface area contributed by atoms with Crippen LogP contribution in [0.4, 0.5) is 0 Å². The van der Waals surface area contributed by atoms with Gasteiger partial charge in [-0.15, -0.1) is 6.58 Å². The van der Waals surface area contributed by atoms with Crippen LogP contribution in [0.2, 0.25) is 0 Å². The van der Waals surface area contributed by atoms with Gasteiger partial charge in [0.25, 0.3) is 0 Å². The molecule has 0 saturated carbocycles. The Balaban J connectivity index is 3.54. The number of carboxylic acids is 1. The van der Waals surface area contributed by atoms with E-state index in [1.807, 2.05) is 13.0 Å². The molecule has 15 heavy (non-hydrogen) atoms. The Morgan fingerprint density at radius 2 is 2.13 bits per heavy atom. The lowest BCUT2D eigenvalue weighted by Crippen LogP contribution is -2.10. The molecule has 0 amide bonds. The van der Waals surface area contributed by atoms with Gasteiger partial charge in [-0.05, 0) is 18.8 Å². The fraction of sp³-hybridized carbons (Fsp3) is 0.636. The molecule has 0 aliphatic rings. The van der Waals surface area contributed by atoms with Crippen molar-refractivity contribution in [3.05, 3.63) is 12.7 Å². The van der Waals surface area contributed by atoms with Crippen molar-refractivity contribution in [1.29, 1.82) is 0 Å². The first-order chi connectivity index (χ1) is 7.10. The van der Waals surface area contributed by atoms with E-state index in [2.05, 4.69) is 6.58 Å². The van der Waals surface area contributed by atoms with Gasteiger partial charge in [0.2, 0.25) is 0 Å². The molecule has 0 fully saturated rings. The van der Waals surface area contributed by atoms with Crippen molar-refractivity contribution in [2.75, 3.05) is 6.61 Å². The molecule has 0 saturated heterocycles. The highest BCUT2D eigenvalue weighted by atomic mass is 16.5. The average molecular weight is 214 g/mol. The highest BCUT2D eigenvalue weighted by Crippen LogP contribution is 2.09. The van der Waals surface area contributed by atoms with E-state index < -0.39 is 11.9 Å². The second-order valence-electron chi connectivity index (χ2n) is 3.31. The monoisotopic (exact) mass is 214 g/mol. The topological polar surface area (TPSA) is 63.6 Å². The summed E-state index contributed by atoms with van der Waals surface area (Å²) in [5, 5.41) is 8.33. The lowest BCUT2D eigenvalue weighted by Gasteiger charge is -2.09. The molecule has 0 rings (SSSR count). The quantitative estimate of drug-likeness (QED) is 0.495. The Bertz CT molecular complexity index is 223. The summed E-state index contributed by atoms with van der Waals surface area (Å²) >= 11 is 0. The third kappa shape index (κ3) is 7.73. The molecule has 0 bridgehead atoms. The second kappa shape index (κ2) is 8.03. The highest BCUT2D eigenvalue weighted by molar-refractivity contribution is 5.76. The van der Waals surface area contributed by atoms with E-state index >= 15 is 0 Å². The lowest BCUT2D eigenvalue weighted by atomic mass is 10.0. The molecular weight excluding hydrogens is 196 g/mol. The van der Waals surface area contributed by atoms with Gasteiger partial charge < -0.3 is 9.84 Å². The fourth-order valence-electron chi connectivity index (χ4n) is 1.09. The van der Waals surface area contributed by atoms with Crippen LogP contribution in [-0.4, -0.2) is 23.7 Å². The number of allylic oxidation sites excluding steroid dienone is 1. The maximum absolute atomic E-state index is 11.0. The molecule has 0 aromatic rings. The number of esters is 1. The molecule has 0 aliphatic heterocycles. The SMILES string of the molecule is C=CC(CC)CCOC(=O)CCC(=O)O. The van der Waals surface area contributed by atoms with Gasteiger partial charge in [0.1, 0.15) is 0 Å². The number of ether oxygens (including phenoxy) is 1. The number of carboxylic acid groups (broad SMARTS) is 1. The third-order valence-electron chi connectivity index (χ3n) is 2.15. The minimum atomic E-state index is -0.982. The van der Waals surface area contributed by atoms with Crippen LogP contribution in [0.3, 0.4) is 0 Å². The first kappa shape index (κ1) is 13.7. The molecule has 1 unspecified atom stereocenters. The van der Waals surface area contributed by atoms with E-state index in [0.29, 0.717) is 12.5 Å². The maximum atomic E-state index is 11.0. The predicted octanol–water partition coefficient (Wildman–Crippen LogP) is 2.00. The molecule has 0 heterocycles. The van der Waals surface area contributed by atoms with Crippen molar-refractivity contribution in [2.45, 2.75) is 32.6 Å². The number of hydrogen-bond donors (Lipinski definition) is 1. The van der Waals surface area contributed by atoms with Crippen molar-refractivity contribution in [1.82, 2.24) is 0 Å². The molecule has 1 atom stereocenters. The largest absolute Gasteiger partial charge is 0.481 e. The first-order valence-electron chi connectivity index (χ1n) is 5.10. The van der Waals surface area contributed by atoms with E-state index in [1.54, 1.807) is 0 Å². The molecule has 0 spiro atoms. The van der Waals surface area contributed by atoms with E-state index in [-0.39, 0.29) is 12.8 Å². The Morgan fingerprint density at radius 3 is 2.60 bits per heavy atom. The second-order valence-corrected chi connectivity index (χ2v) is 3.31. The molecule has 4 nitrogen and oxygen atoms in total. The van der Waals surface area contributed by atoms with E-state index in [4.69, 9.17) is 9.84 Å². The summed E-state index contributed by atoms with van der Waals surface area (Å²) < 4.78 is 4.88. The number of carbonyl (C=O) groups is 2. The lowest BCUT2D eigenvalue weighted by molar-refractivity contribution is -0.147. The van der Waals surface area contributed by atoms with Gasteiger partial charge in [-0.3, -0.25) is 9.59 Å². The summed E-state index contributed by atoms with van der Waals surface area (Å²) in [5.41, 5.74) is 0. The Labute approximate surface area is 89.9 Å². The standard InChI is InChI=1S/C11H18O4/c1-3-9(4-2)7-8-15-11(14)6-5-10(12)13/h3,9H,1,4-8H2,2H3,(H,12,13). The number of aliphatic carboxylic acids is 1. The minimum Gasteiger partial charge on any atom is -0.481 e. The summed E-state index contributed by atoms with van der Waals surface area (Å²) in [6.07, 6.45) is 3.33. The van der Waals surface area contributed by atoms with Gasteiger partial charge >= 0.3 is 11.9 Å². The number of carbonyl (C=O) groups excluding carboxylic acids is 1. The van der Waals surface area contributed by atoms with Gasteiger partial charge in [0, 0.05) is 0 Å². The van der Waals surface area contributed by atoms with Crippen LogP contribution in [0.25, 0.3) is 0 Å². The molecular formula is C11H18O4. The zero-order chi connectivity index (χ0) is 11.7.